The number of Topliss-reactive ketones (excluding diaryl/α,β-unsaturated/α-hetero) is 1. The zero-order chi connectivity index (χ0) is 10.1. The number of aliphatic hydroxyl groups is 1. The van der Waals surface area contributed by atoms with E-state index in [0.717, 1.165) is 6.29 Å². The van der Waals surface area contributed by atoms with Crippen LogP contribution in [-0.4, -0.2) is 47.3 Å². The third kappa shape index (κ3) is 1.95. The fraction of sp³-hybridized carbons (Fsp3) is 0.778. The van der Waals surface area contributed by atoms with Gasteiger partial charge in [0.1, 0.15) is 12.1 Å². The van der Waals surface area contributed by atoms with E-state index in [0.29, 0.717) is 13.0 Å². The first kappa shape index (κ1) is 10.3. The smallest absolute Gasteiger partial charge is 0.140 e. The fourth-order valence-corrected chi connectivity index (χ4v) is 1.92. The monoisotopic (exact) mass is 185 g/mol. The van der Waals surface area contributed by atoms with E-state index in [1.54, 1.807) is 11.9 Å². The molecule has 0 amide bonds. The van der Waals surface area contributed by atoms with Crippen molar-refractivity contribution < 1.29 is 14.7 Å². The van der Waals surface area contributed by atoms with E-state index >= 15 is 0 Å². The van der Waals surface area contributed by atoms with Gasteiger partial charge in [-0.2, -0.15) is 0 Å². The predicted octanol–water partition coefficient (Wildman–Crippen LogP) is -0.400. The molecule has 1 saturated heterocycles. The first-order valence-electron chi connectivity index (χ1n) is 4.37. The molecule has 0 radical (unpaired) electrons. The molecule has 1 aliphatic heterocycles. The van der Waals surface area contributed by atoms with Crippen molar-refractivity contribution in [1.29, 1.82) is 0 Å². The molecule has 2 atom stereocenters. The maximum atomic E-state index is 10.9. The van der Waals surface area contributed by atoms with Gasteiger partial charge in [-0.25, -0.2) is 0 Å². The number of carbonyl (C=O) groups excluding carboxylic acids is 2. The van der Waals surface area contributed by atoms with Crippen LogP contribution in [0.3, 0.4) is 0 Å². The van der Waals surface area contributed by atoms with Gasteiger partial charge in [-0.15, -0.1) is 0 Å². The summed E-state index contributed by atoms with van der Waals surface area (Å²) >= 11 is 0. The first-order valence-corrected chi connectivity index (χ1v) is 4.37. The average Bonchev–Trinajstić information content (AvgIpc) is 2.25. The average molecular weight is 185 g/mol. The van der Waals surface area contributed by atoms with Gasteiger partial charge in [0.2, 0.25) is 0 Å². The number of likely N-dealkylation sites (N-methyl/N-ethyl adjacent to an activating group) is 1. The molecule has 74 valence electrons. The van der Waals surface area contributed by atoms with Crippen molar-refractivity contribution in [3.05, 3.63) is 0 Å². The second-order valence-electron chi connectivity index (χ2n) is 3.79. The van der Waals surface area contributed by atoms with Gasteiger partial charge in [-0.05, 0) is 20.4 Å². The van der Waals surface area contributed by atoms with Gasteiger partial charge in [0, 0.05) is 13.0 Å². The van der Waals surface area contributed by atoms with Crippen molar-refractivity contribution in [2.75, 3.05) is 13.6 Å². The Morgan fingerprint density at radius 3 is 2.85 bits per heavy atom. The van der Waals surface area contributed by atoms with Gasteiger partial charge in [-0.1, -0.05) is 0 Å². The molecule has 0 spiro atoms. The summed E-state index contributed by atoms with van der Waals surface area (Å²) in [5.41, 5.74) is -1.14. The fourth-order valence-electron chi connectivity index (χ4n) is 1.92. The van der Waals surface area contributed by atoms with Crippen LogP contribution in [0.25, 0.3) is 0 Å². The van der Waals surface area contributed by atoms with Crippen LogP contribution in [0.15, 0.2) is 0 Å². The summed E-state index contributed by atoms with van der Waals surface area (Å²) in [6.07, 6.45) is 1.28. The maximum absolute atomic E-state index is 10.9. The summed E-state index contributed by atoms with van der Waals surface area (Å²) in [6, 6.07) is -0.531. The molecule has 4 heteroatoms. The van der Waals surface area contributed by atoms with E-state index in [9.17, 15) is 14.7 Å². The first-order chi connectivity index (χ1) is 5.99. The van der Waals surface area contributed by atoms with Crippen molar-refractivity contribution in [2.45, 2.75) is 31.4 Å². The molecule has 0 aromatic carbocycles. The zero-order valence-corrected chi connectivity index (χ0v) is 7.99. The Balaban J connectivity index is 2.77. The van der Waals surface area contributed by atoms with Gasteiger partial charge in [0.15, 0.2) is 0 Å². The molecule has 0 saturated carbocycles. The van der Waals surface area contributed by atoms with Crippen LogP contribution in [0.5, 0.6) is 0 Å². The van der Waals surface area contributed by atoms with Gasteiger partial charge in [0.05, 0.1) is 11.6 Å². The standard InChI is InChI=1S/C9H15NO3/c1-7(12)5-9(13)3-4-10(2)8(9)6-11/h6,8,13H,3-5H2,1-2H3/t8?,9-/m1/s1. The van der Waals surface area contributed by atoms with Gasteiger partial charge < -0.3 is 9.90 Å². The Kier molecular flexibility index (Phi) is 2.83. The van der Waals surface area contributed by atoms with Crippen molar-refractivity contribution in [3.63, 3.8) is 0 Å². The highest BCUT2D eigenvalue weighted by molar-refractivity contribution is 5.78. The minimum atomic E-state index is -1.14. The summed E-state index contributed by atoms with van der Waals surface area (Å²) in [4.78, 5) is 23.4. The number of hydrogen-bond donors (Lipinski definition) is 1. The van der Waals surface area contributed by atoms with E-state index in [4.69, 9.17) is 0 Å². The lowest BCUT2D eigenvalue weighted by Crippen LogP contribution is -2.45. The normalized spacial score (nSPS) is 34.8. The topological polar surface area (TPSA) is 57.6 Å². The highest BCUT2D eigenvalue weighted by Crippen LogP contribution is 2.29. The Morgan fingerprint density at radius 1 is 1.77 bits per heavy atom. The lowest BCUT2D eigenvalue weighted by atomic mass is 9.90. The summed E-state index contributed by atoms with van der Waals surface area (Å²) in [5, 5.41) is 10.00. The lowest BCUT2D eigenvalue weighted by Gasteiger charge is -2.27. The van der Waals surface area contributed by atoms with Crippen LogP contribution < -0.4 is 0 Å². The van der Waals surface area contributed by atoms with E-state index in [2.05, 4.69) is 0 Å². The molecule has 1 aliphatic rings. The Bertz CT molecular complexity index is 229. The minimum absolute atomic E-state index is 0.0702. The summed E-state index contributed by atoms with van der Waals surface area (Å²) in [7, 11) is 1.77. The number of nitrogens with zero attached hydrogens (tertiary/aromatic N) is 1. The van der Waals surface area contributed by atoms with Gasteiger partial charge >= 0.3 is 0 Å². The predicted molar refractivity (Wildman–Crippen MR) is 47.3 cm³/mol. The molecular formula is C9H15NO3. The molecule has 0 bridgehead atoms. The summed E-state index contributed by atoms with van der Waals surface area (Å²) in [5.74, 6) is -0.0790. The van der Waals surface area contributed by atoms with Crippen LogP contribution in [0.4, 0.5) is 0 Å². The van der Waals surface area contributed by atoms with Crippen molar-refractivity contribution in [1.82, 2.24) is 4.90 Å². The van der Waals surface area contributed by atoms with E-state index in [-0.39, 0.29) is 12.2 Å². The van der Waals surface area contributed by atoms with Crippen LogP contribution in [-0.2, 0) is 9.59 Å². The van der Waals surface area contributed by atoms with E-state index in [1.165, 1.54) is 6.92 Å². The Labute approximate surface area is 77.5 Å². The van der Waals surface area contributed by atoms with E-state index in [1.807, 2.05) is 0 Å². The zero-order valence-electron chi connectivity index (χ0n) is 7.99. The molecule has 1 rings (SSSR count). The number of aldehydes is 1. The van der Waals surface area contributed by atoms with Gasteiger partial charge in [-0.3, -0.25) is 9.69 Å². The van der Waals surface area contributed by atoms with Crippen molar-refractivity contribution in [3.8, 4) is 0 Å². The second-order valence-corrected chi connectivity index (χ2v) is 3.79. The van der Waals surface area contributed by atoms with Crippen molar-refractivity contribution >= 4 is 12.1 Å². The molecule has 1 unspecified atom stereocenters. The summed E-state index contributed by atoms with van der Waals surface area (Å²) in [6.45, 7) is 2.09. The minimum Gasteiger partial charge on any atom is -0.387 e. The van der Waals surface area contributed by atoms with Gasteiger partial charge in [0.25, 0.3) is 0 Å². The number of rotatable bonds is 3. The molecule has 1 heterocycles. The molecule has 1 N–H and O–H groups in total. The third-order valence-electron chi connectivity index (χ3n) is 2.61. The molecule has 0 aromatic rings. The number of ketones is 1. The van der Waals surface area contributed by atoms with Crippen LogP contribution in [0.2, 0.25) is 0 Å². The third-order valence-corrected chi connectivity index (χ3v) is 2.61. The summed E-state index contributed by atoms with van der Waals surface area (Å²) < 4.78 is 0. The van der Waals surface area contributed by atoms with Crippen LogP contribution in [0.1, 0.15) is 19.8 Å². The molecule has 0 aromatic heterocycles. The highest BCUT2D eigenvalue weighted by Gasteiger charge is 2.45. The molecule has 0 aliphatic carbocycles. The van der Waals surface area contributed by atoms with Crippen molar-refractivity contribution in [2.24, 2.45) is 0 Å². The number of carbonyl (C=O) groups is 2. The largest absolute Gasteiger partial charge is 0.387 e. The SMILES string of the molecule is CC(=O)C[C@]1(O)CCN(C)C1C=O. The maximum Gasteiger partial charge on any atom is 0.140 e. The second kappa shape index (κ2) is 3.55. The number of hydrogen-bond acceptors (Lipinski definition) is 4. The Morgan fingerprint density at radius 2 is 2.38 bits per heavy atom. The quantitative estimate of drug-likeness (QED) is 0.608. The van der Waals surface area contributed by atoms with E-state index < -0.39 is 11.6 Å². The molecular weight excluding hydrogens is 170 g/mol. The van der Waals surface area contributed by atoms with Crippen LogP contribution in [0, 0.1) is 0 Å². The Hall–Kier alpha value is -0.740. The molecule has 4 nitrogen and oxygen atoms in total. The lowest BCUT2D eigenvalue weighted by molar-refractivity contribution is -0.126. The van der Waals surface area contributed by atoms with Crippen LogP contribution >= 0.6 is 0 Å². The number of likely N-dealkylation sites (tertiary alicyclic amines) is 1. The highest BCUT2D eigenvalue weighted by atomic mass is 16.3. The molecule has 13 heavy (non-hydrogen) atoms. The molecule has 1 fully saturated rings.